The van der Waals surface area contributed by atoms with Crippen LogP contribution in [-0.2, 0) is 14.3 Å². The lowest BCUT2D eigenvalue weighted by Crippen LogP contribution is -2.00. The van der Waals surface area contributed by atoms with Gasteiger partial charge in [-0.25, -0.2) is 9.59 Å². The first-order valence-corrected chi connectivity index (χ1v) is 7.59. The lowest BCUT2D eigenvalue weighted by molar-refractivity contribution is -0.130. The van der Waals surface area contributed by atoms with Crippen molar-refractivity contribution in [2.75, 3.05) is 14.2 Å². The van der Waals surface area contributed by atoms with E-state index in [1.807, 2.05) is 12.1 Å². The van der Waals surface area contributed by atoms with Crippen molar-refractivity contribution in [3.05, 3.63) is 76.9 Å². The number of carbonyl (C=O) groups is 2. The van der Waals surface area contributed by atoms with Crippen molar-refractivity contribution in [3.63, 3.8) is 0 Å². The van der Waals surface area contributed by atoms with Crippen LogP contribution in [0.4, 0.5) is 0 Å². The van der Waals surface area contributed by atoms with Crippen LogP contribution in [0, 0.1) is 0 Å². The topological polar surface area (TPSA) is 61.8 Å². The average Bonchev–Trinajstić information content (AvgIpc) is 3.02. The van der Waals surface area contributed by atoms with E-state index in [4.69, 9.17) is 9.47 Å². The summed E-state index contributed by atoms with van der Waals surface area (Å²) < 4.78 is 15.1. The van der Waals surface area contributed by atoms with Crippen LogP contribution >= 0.6 is 0 Å². The van der Waals surface area contributed by atoms with E-state index in [0.29, 0.717) is 16.9 Å². The molecule has 0 spiro atoms. The van der Waals surface area contributed by atoms with E-state index in [1.165, 1.54) is 7.11 Å². The van der Waals surface area contributed by atoms with Gasteiger partial charge in [-0.1, -0.05) is 12.1 Å². The van der Waals surface area contributed by atoms with Crippen molar-refractivity contribution in [3.8, 4) is 5.75 Å². The van der Waals surface area contributed by atoms with E-state index in [9.17, 15) is 9.59 Å². The van der Waals surface area contributed by atoms with Gasteiger partial charge in [0.1, 0.15) is 11.5 Å². The van der Waals surface area contributed by atoms with Gasteiger partial charge < -0.3 is 14.2 Å². The van der Waals surface area contributed by atoms with Gasteiger partial charge in [0.2, 0.25) is 0 Å². The van der Waals surface area contributed by atoms with Crippen LogP contribution in [0.15, 0.2) is 60.2 Å². The summed E-state index contributed by atoms with van der Waals surface area (Å²) in [5.41, 5.74) is 2.47. The Morgan fingerprint density at radius 3 is 2.28 bits per heavy atom. The van der Waals surface area contributed by atoms with Gasteiger partial charge in [-0.3, -0.25) is 0 Å². The smallest absolute Gasteiger partial charge is 0.343 e. The third kappa shape index (κ3) is 3.61. The molecule has 0 radical (unpaired) electrons. The molecular weight excluding hydrogens is 320 g/mol. The average molecular weight is 336 g/mol. The summed E-state index contributed by atoms with van der Waals surface area (Å²) in [5.74, 6) is 0.407. The fourth-order valence-electron chi connectivity index (χ4n) is 2.40. The van der Waals surface area contributed by atoms with Crippen molar-refractivity contribution in [1.82, 2.24) is 0 Å². The van der Waals surface area contributed by atoms with E-state index < -0.39 is 11.9 Å². The van der Waals surface area contributed by atoms with Crippen molar-refractivity contribution >= 4 is 23.8 Å². The molecule has 0 N–H and O–H groups in total. The number of rotatable bonds is 4. The van der Waals surface area contributed by atoms with Crippen molar-refractivity contribution in [2.45, 2.75) is 0 Å². The molecule has 0 amide bonds. The Kier molecular flexibility index (Phi) is 4.66. The fraction of sp³-hybridized carbons (Fsp3) is 0.100. The maximum absolute atomic E-state index is 12.1. The number of cyclic esters (lactones) is 1. The van der Waals surface area contributed by atoms with Crippen LogP contribution in [0.5, 0.6) is 5.75 Å². The molecule has 0 aliphatic carbocycles. The van der Waals surface area contributed by atoms with Crippen LogP contribution in [0.2, 0.25) is 0 Å². The largest absolute Gasteiger partial charge is 0.497 e. The first kappa shape index (κ1) is 16.5. The van der Waals surface area contributed by atoms with E-state index in [-0.39, 0.29) is 0 Å². The fourth-order valence-corrected chi connectivity index (χ4v) is 2.40. The number of hydrogen-bond donors (Lipinski definition) is 0. The molecule has 5 heteroatoms. The van der Waals surface area contributed by atoms with Gasteiger partial charge in [0.25, 0.3) is 0 Å². The highest BCUT2D eigenvalue weighted by molar-refractivity contribution is 6.05. The normalized spacial score (nSPS) is 14.9. The van der Waals surface area contributed by atoms with Gasteiger partial charge in [-0.2, -0.15) is 0 Å². The molecule has 0 saturated carbocycles. The molecule has 126 valence electrons. The Bertz CT molecular complexity index is 858. The van der Waals surface area contributed by atoms with Crippen molar-refractivity contribution in [1.29, 1.82) is 0 Å². The molecular formula is C20H16O5. The number of methoxy groups -OCH3 is 2. The van der Waals surface area contributed by atoms with Crippen LogP contribution < -0.4 is 4.74 Å². The Labute approximate surface area is 145 Å². The lowest BCUT2D eigenvalue weighted by atomic mass is 10.1. The monoisotopic (exact) mass is 336 g/mol. The second-order valence-corrected chi connectivity index (χ2v) is 5.34. The highest BCUT2D eigenvalue weighted by Crippen LogP contribution is 2.28. The SMILES string of the molecule is COC(=O)c1ccc(/C=C2/C=C(c3ccc(OC)cc3)OC2=O)cc1. The summed E-state index contributed by atoms with van der Waals surface area (Å²) in [6.07, 6.45) is 3.40. The summed E-state index contributed by atoms with van der Waals surface area (Å²) in [6, 6.07) is 14.0. The van der Waals surface area contributed by atoms with Crippen molar-refractivity contribution < 1.29 is 23.8 Å². The van der Waals surface area contributed by atoms with Crippen LogP contribution in [-0.4, -0.2) is 26.2 Å². The zero-order valence-electron chi connectivity index (χ0n) is 13.8. The highest BCUT2D eigenvalue weighted by atomic mass is 16.5. The molecule has 0 bridgehead atoms. The van der Waals surface area contributed by atoms with E-state index in [1.54, 1.807) is 55.7 Å². The second kappa shape index (κ2) is 7.05. The van der Waals surface area contributed by atoms with E-state index >= 15 is 0 Å². The van der Waals surface area contributed by atoms with Gasteiger partial charge in [-0.05, 0) is 54.1 Å². The Hall–Kier alpha value is -3.34. The Morgan fingerprint density at radius 2 is 1.68 bits per heavy atom. The predicted molar refractivity (Wildman–Crippen MR) is 92.8 cm³/mol. The minimum absolute atomic E-state index is 0.402. The molecule has 2 aromatic rings. The maximum Gasteiger partial charge on any atom is 0.343 e. The third-order valence-electron chi connectivity index (χ3n) is 3.75. The highest BCUT2D eigenvalue weighted by Gasteiger charge is 2.22. The first-order chi connectivity index (χ1) is 12.1. The maximum atomic E-state index is 12.1. The van der Waals surface area contributed by atoms with Gasteiger partial charge >= 0.3 is 11.9 Å². The van der Waals surface area contributed by atoms with E-state index in [2.05, 4.69) is 4.74 Å². The molecule has 1 heterocycles. The molecule has 5 nitrogen and oxygen atoms in total. The number of benzene rings is 2. The van der Waals surface area contributed by atoms with Gasteiger partial charge in [-0.15, -0.1) is 0 Å². The molecule has 0 saturated heterocycles. The zero-order chi connectivity index (χ0) is 17.8. The third-order valence-corrected chi connectivity index (χ3v) is 3.75. The molecule has 0 aromatic heterocycles. The number of esters is 2. The van der Waals surface area contributed by atoms with Crippen molar-refractivity contribution in [2.24, 2.45) is 0 Å². The van der Waals surface area contributed by atoms with Gasteiger partial charge in [0.05, 0.1) is 25.4 Å². The van der Waals surface area contributed by atoms with Gasteiger partial charge in [0.15, 0.2) is 0 Å². The lowest BCUT2D eigenvalue weighted by Gasteiger charge is -2.03. The van der Waals surface area contributed by atoms with Gasteiger partial charge in [0, 0.05) is 5.56 Å². The van der Waals surface area contributed by atoms with Crippen LogP contribution in [0.25, 0.3) is 11.8 Å². The minimum atomic E-state index is -0.414. The number of hydrogen-bond acceptors (Lipinski definition) is 5. The zero-order valence-corrected chi connectivity index (χ0v) is 13.8. The molecule has 0 fully saturated rings. The van der Waals surface area contributed by atoms with Crippen LogP contribution in [0.1, 0.15) is 21.5 Å². The van der Waals surface area contributed by atoms with E-state index in [0.717, 1.165) is 16.9 Å². The first-order valence-electron chi connectivity index (χ1n) is 7.59. The number of ether oxygens (including phenoxy) is 3. The summed E-state index contributed by atoms with van der Waals surface area (Å²) in [5, 5.41) is 0. The molecule has 3 rings (SSSR count). The summed E-state index contributed by atoms with van der Waals surface area (Å²) in [7, 11) is 2.93. The van der Waals surface area contributed by atoms with Crippen LogP contribution in [0.3, 0.4) is 0 Å². The summed E-state index contributed by atoms with van der Waals surface area (Å²) >= 11 is 0. The standard InChI is InChI=1S/C20H16O5/c1-23-17-9-7-14(8-10-17)18-12-16(20(22)25-18)11-13-3-5-15(6-4-13)19(21)24-2/h3-12H,1-2H3/b16-11-. The summed E-state index contributed by atoms with van der Waals surface area (Å²) in [4.78, 5) is 23.5. The molecule has 1 aliphatic heterocycles. The minimum Gasteiger partial charge on any atom is -0.497 e. The molecule has 1 aliphatic rings. The second-order valence-electron chi connectivity index (χ2n) is 5.34. The molecule has 25 heavy (non-hydrogen) atoms. The Balaban J connectivity index is 1.83. The quantitative estimate of drug-likeness (QED) is 0.632. The summed E-state index contributed by atoms with van der Waals surface area (Å²) in [6.45, 7) is 0. The predicted octanol–water partition coefficient (Wildman–Crippen LogP) is 3.46. The molecule has 0 unspecified atom stereocenters. The molecule has 0 atom stereocenters. The Morgan fingerprint density at radius 1 is 1.00 bits per heavy atom. The number of carbonyl (C=O) groups excluding carboxylic acids is 2. The molecule has 2 aromatic carbocycles.